The van der Waals surface area contributed by atoms with Crippen LogP contribution in [0.25, 0.3) is 0 Å². The molecule has 3 aliphatic rings. The summed E-state index contributed by atoms with van der Waals surface area (Å²) >= 11 is 0. The van der Waals surface area contributed by atoms with Crippen LogP contribution in [0.4, 0.5) is 0 Å². The quantitative estimate of drug-likeness (QED) is 0.792. The Bertz CT molecular complexity index is 500. The van der Waals surface area contributed by atoms with Crippen molar-refractivity contribution >= 4 is 0 Å². The maximum atomic E-state index is 9.67. The fraction of sp³-hybridized carbons (Fsp3) is 0.562. The van der Waals surface area contributed by atoms with E-state index in [1.54, 1.807) is 0 Å². The normalized spacial score (nSPS) is 34.7. The zero-order valence-corrected chi connectivity index (χ0v) is 11.4. The Hall–Kier alpha value is -1.33. The first kappa shape index (κ1) is 11.7. The second kappa shape index (κ2) is 3.59. The third-order valence-electron chi connectivity index (χ3n) is 5.47. The minimum absolute atomic E-state index is 0.144. The smallest absolute Gasteiger partial charge is 0.115 e. The highest BCUT2D eigenvalue weighted by Crippen LogP contribution is 2.64. The average Bonchev–Trinajstić information content (AvgIpc) is 2.90. The SMILES string of the molecule is CC(c1ccccc1)N1CC2CC1(C#N)C2(C)C. The molecule has 0 aromatic heterocycles. The lowest BCUT2D eigenvalue weighted by molar-refractivity contribution is -0.00853. The standard InChI is InChI=1S/C16H20N2/c1-12(13-7-5-4-6-8-13)18-10-14-9-16(18,11-17)15(14,2)3/h4-8,12,14H,9-10H2,1-3H3. The highest BCUT2D eigenvalue weighted by Gasteiger charge is 2.70. The molecule has 2 aliphatic heterocycles. The first-order valence-corrected chi connectivity index (χ1v) is 6.76. The summed E-state index contributed by atoms with van der Waals surface area (Å²) in [6, 6.07) is 13.5. The molecule has 3 unspecified atom stereocenters. The lowest BCUT2D eigenvalue weighted by Crippen LogP contribution is -2.58. The summed E-state index contributed by atoms with van der Waals surface area (Å²) < 4.78 is 0. The van der Waals surface area contributed by atoms with E-state index in [0.29, 0.717) is 12.0 Å². The van der Waals surface area contributed by atoms with Crippen LogP contribution in [0, 0.1) is 22.7 Å². The van der Waals surface area contributed by atoms with Crippen molar-refractivity contribution in [1.29, 1.82) is 5.26 Å². The van der Waals surface area contributed by atoms with Crippen molar-refractivity contribution < 1.29 is 0 Å². The van der Waals surface area contributed by atoms with E-state index in [-0.39, 0.29) is 11.0 Å². The van der Waals surface area contributed by atoms with Gasteiger partial charge in [0.2, 0.25) is 0 Å². The van der Waals surface area contributed by atoms with E-state index in [1.165, 1.54) is 5.56 Å². The van der Waals surface area contributed by atoms with Crippen LogP contribution in [-0.2, 0) is 0 Å². The maximum absolute atomic E-state index is 9.67. The average molecular weight is 240 g/mol. The Labute approximate surface area is 109 Å². The topological polar surface area (TPSA) is 27.0 Å². The second-order valence-corrected chi connectivity index (χ2v) is 6.33. The van der Waals surface area contributed by atoms with E-state index in [4.69, 9.17) is 0 Å². The van der Waals surface area contributed by atoms with E-state index < -0.39 is 0 Å². The molecule has 0 spiro atoms. The van der Waals surface area contributed by atoms with E-state index in [0.717, 1.165) is 13.0 Å². The van der Waals surface area contributed by atoms with Gasteiger partial charge >= 0.3 is 0 Å². The maximum Gasteiger partial charge on any atom is 0.115 e. The molecule has 2 heterocycles. The van der Waals surface area contributed by atoms with Crippen LogP contribution in [0.2, 0.25) is 0 Å². The molecule has 3 atom stereocenters. The summed E-state index contributed by atoms with van der Waals surface area (Å²) in [6.07, 6.45) is 1.05. The summed E-state index contributed by atoms with van der Waals surface area (Å²) in [5.74, 6) is 0.684. The van der Waals surface area contributed by atoms with Gasteiger partial charge in [-0.25, -0.2) is 0 Å². The van der Waals surface area contributed by atoms with Crippen molar-refractivity contribution in [3.63, 3.8) is 0 Å². The number of hydrogen-bond acceptors (Lipinski definition) is 2. The van der Waals surface area contributed by atoms with Gasteiger partial charge in [0.25, 0.3) is 0 Å². The molecule has 0 amide bonds. The summed E-state index contributed by atoms with van der Waals surface area (Å²) in [7, 11) is 0. The number of hydrogen-bond donors (Lipinski definition) is 0. The van der Waals surface area contributed by atoms with Gasteiger partial charge in [-0.1, -0.05) is 44.2 Å². The highest BCUT2D eigenvalue weighted by molar-refractivity contribution is 5.33. The van der Waals surface area contributed by atoms with Gasteiger partial charge in [0, 0.05) is 18.0 Å². The van der Waals surface area contributed by atoms with Crippen molar-refractivity contribution in [3.05, 3.63) is 35.9 Å². The Kier molecular flexibility index (Phi) is 2.34. The molecular formula is C16H20N2. The third kappa shape index (κ3) is 1.21. The molecular weight excluding hydrogens is 220 g/mol. The predicted molar refractivity (Wildman–Crippen MR) is 71.8 cm³/mol. The van der Waals surface area contributed by atoms with Crippen molar-refractivity contribution in [2.75, 3.05) is 6.54 Å². The zero-order chi connectivity index (χ0) is 13.0. The lowest BCUT2D eigenvalue weighted by atomic mass is 9.54. The van der Waals surface area contributed by atoms with E-state index in [9.17, 15) is 5.26 Å². The summed E-state index contributed by atoms with van der Waals surface area (Å²) in [5.41, 5.74) is 1.22. The van der Waals surface area contributed by atoms with Crippen LogP contribution in [0.1, 0.15) is 38.8 Å². The number of fused-ring (bicyclic) bond motifs is 1. The first-order valence-electron chi connectivity index (χ1n) is 6.76. The first-order chi connectivity index (χ1) is 8.53. The number of nitriles is 1. The van der Waals surface area contributed by atoms with Gasteiger partial charge in [-0.15, -0.1) is 0 Å². The van der Waals surface area contributed by atoms with Crippen LogP contribution in [0.15, 0.2) is 30.3 Å². The fourth-order valence-corrected chi connectivity index (χ4v) is 3.91. The second-order valence-electron chi connectivity index (χ2n) is 6.33. The van der Waals surface area contributed by atoms with Crippen LogP contribution in [0.3, 0.4) is 0 Å². The van der Waals surface area contributed by atoms with Gasteiger partial charge in [-0.05, 0) is 24.8 Å². The van der Waals surface area contributed by atoms with Crippen LogP contribution in [0.5, 0.6) is 0 Å². The molecule has 18 heavy (non-hydrogen) atoms. The largest absolute Gasteiger partial charge is 0.278 e. The molecule has 1 aromatic rings. The van der Waals surface area contributed by atoms with Crippen molar-refractivity contribution in [3.8, 4) is 6.07 Å². The lowest BCUT2D eigenvalue weighted by Gasteiger charge is -2.52. The van der Waals surface area contributed by atoms with Gasteiger partial charge in [0.15, 0.2) is 0 Å². The Balaban J connectivity index is 1.94. The monoisotopic (exact) mass is 240 g/mol. The van der Waals surface area contributed by atoms with Gasteiger partial charge in [0.1, 0.15) is 5.54 Å². The van der Waals surface area contributed by atoms with Gasteiger partial charge in [0.05, 0.1) is 6.07 Å². The van der Waals surface area contributed by atoms with Crippen molar-refractivity contribution in [2.45, 2.75) is 38.8 Å². The zero-order valence-electron chi connectivity index (χ0n) is 11.4. The molecule has 2 nitrogen and oxygen atoms in total. The van der Waals surface area contributed by atoms with Crippen LogP contribution in [-0.4, -0.2) is 17.0 Å². The summed E-state index contributed by atoms with van der Waals surface area (Å²) in [5, 5.41) is 9.67. The molecule has 2 saturated heterocycles. The van der Waals surface area contributed by atoms with Crippen LogP contribution < -0.4 is 0 Å². The molecule has 1 saturated carbocycles. The van der Waals surface area contributed by atoms with Crippen molar-refractivity contribution in [2.24, 2.45) is 11.3 Å². The van der Waals surface area contributed by atoms with Crippen LogP contribution >= 0.6 is 0 Å². The molecule has 1 aliphatic carbocycles. The number of rotatable bonds is 2. The molecule has 2 heteroatoms. The van der Waals surface area contributed by atoms with Crippen molar-refractivity contribution in [1.82, 2.24) is 4.90 Å². The predicted octanol–water partition coefficient (Wildman–Crippen LogP) is 3.37. The molecule has 3 fully saturated rings. The Morgan fingerprint density at radius 2 is 2.00 bits per heavy atom. The Morgan fingerprint density at radius 3 is 2.56 bits per heavy atom. The molecule has 4 rings (SSSR count). The third-order valence-corrected chi connectivity index (χ3v) is 5.47. The molecule has 2 bridgehead atoms. The summed E-state index contributed by atoms with van der Waals surface area (Å²) in [4.78, 5) is 2.42. The van der Waals surface area contributed by atoms with Gasteiger partial charge in [-0.2, -0.15) is 5.26 Å². The Morgan fingerprint density at radius 1 is 1.33 bits per heavy atom. The minimum Gasteiger partial charge on any atom is -0.278 e. The van der Waals surface area contributed by atoms with Gasteiger partial charge < -0.3 is 0 Å². The van der Waals surface area contributed by atoms with E-state index in [2.05, 4.69) is 56.0 Å². The molecule has 94 valence electrons. The van der Waals surface area contributed by atoms with Gasteiger partial charge in [-0.3, -0.25) is 4.90 Å². The number of nitrogens with zero attached hydrogens (tertiary/aromatic N) is 2. The molecule has 0 radical (unpaired) electrons. The fourth-order valence-electron chi connectivity index (χ4n) is 3.91. The number of benzene rings is 1. The summed E-state index contributed by atoms with van der Waals surface area (Å²) in [6.45, 7) is 7.80. The van der Waals surface area contributed by atoms with E-state index >= 15 is 0 Å². The molecule has 0 N–H and O–H groups in total. The van der Waals surface area contributed by atoms with E-state index in [1.807, 2.05) is 6.07 Å². The minimum atomic E-state index is -0.243. The molecule has 1 aromatic carbocycles. The highest BCUT2D eigenvalue weighted by atomic mass is 15.3.